The highest BCUT2D eigenvalue weighted by molar-refractivity contribution is 6.01. The van der Waals surface area contributed by atoms with Crippen LogP contribution in [-0.2, 0) is 9.59 Å². The third-order valence-electron chi connectivity index (χ3n) is 6.26. The number of rotatable bonds is 20. The van der Waals surface area contributed by atoms with Gasteiger partial charge in [0.15, 0.2) is 0 Å². The number of carbonyl (C=O) groups excluding carboxylic acids is 3. The fourth-order valence-electron chi connectivity index (χ4n) is 4.31. The van der Waals surface area contributed by atoms with Gasteiger partial charge < -0.3 is 16.0 Å². The molecular formula is C25H48N4O3. The summed E-state index contributed by atoms with van der Waals surface area (Å²) in [5.41, 5.74) is 5.60. The van der Waals surface area contributed by atoms with Crippen LogP contribution in [0.5, 0.6) is 0 Å². The molecule has 7 nitrogen and oxygen atoms in total. The Bertz CT molecular complexity index is 541. The van der Waals surface area contributed by atoms with Gasteiger partial charge in [-0.15, -0.1) is 0 Å². The third-order valence-corrected chi connectivity index (χ3v) is 6.26. The number of carbonyl (C=O) groups is 3. The monoisotopic (exact) mass is 452 g/mol. The molecule has 1 aliphatic rings. The molecule has 32 heavy (non-hydrogen) atoms. The molecule has 0 aliphatic carbocycles. The minimum absolute atomic E-state index is 0.0454. The molecule has 7 heteroatoms. The number of unbranched alkanes of at least 4 members (excludes halogenated alkanes) is 11. The molecule has 0 aromatic rings. The molecule has 0 aromatic carbocycles. The van der Waals surface area contributed by atoms with Gasteiger partial charge in [0, 0.05) is 25.6 Å². The maximum atomic E-state index is 12.5. The van der Waals surface area contributed by atoms with Crippen LogP contribution in [0.4, 0.5) is 4.79 Å². The number of imide groups is 1. The average molecular weight is 453 g/mol. The molecule has 186 valence electrons. The molecule has 0 radical (unpaired) electrons. The van der Waals surface area contributed by atoms with Crippen LogP contribution in [0, 0.1) is 0 Å². The fraction of sp³-hybridized carbons (Fsp3) is 0.880. The van der Waals surface area contributed by atoms with Crippen LogP contribution in [-0.4, -0.2) is 59.9 Å². The van der Waals surface area contributed by atoms with Gasteiger partial charge in [-0.3, -0.25) is 14.5 Å². The van der Waals surface area contributed by atoms with Crippen LogP contribution < -0.4 is 11.1 Å². The first kappa shape index (κ1) is 28.4. The molecule has 1 unspecified atom stereocenters. The smallest absolute Gasteiger partial charge is 0.327 e. The summed E-state index contributed by atoms with van der Waals surface area (Å²) in [5.74, 6) is -0.116. The fourth-order valence-corrected chi connectivity index (χ4v) is 4.31. The number of nitrogens with two attached hydrogens (primary N) is 1. The van der Waals surface area contributed by atoms with E-state index >= 15 is 0 Å². The van der Waals surface area contributed by atoms with E-state index in [2.05, 4.69) is 12.2 Å². The lowest BCUT2D eigenvalue weighted by molar-refractivity contribution is -0.125. The van der Waals surface area contributed by atoms with E-state index < -0.39 is 0 Å². The molecule has 0 aromatic heterocycles. The maximum absolute atomic E-state index is 12.5. The molecule has 0 spiro atoms. The first-order valence-corrected chi connectivity index (χ1v) is 13.1. The van der Waals surface area contributed by atoms with Crippen LogP contribution in [0.3, 0.4) is 0 Å². The summed E-state index contributed by atoms with van der Waals surface area (Å²) in [4.78, 5) is 39.7. The van der Waals surface area contributed by atoms with Crippen molar-refractivity contribution in [3.05, 3.63) is 0 Å². The van der Waals surface area contributed by atoms with Gasteiger partial charge in [-0.2, -0.15) is 0 Å². The van der Waals surface area contributed by atoms with Crippen molar-refractivity contribution in [1.82, 2.24) is 15.1 Å². The molecule has 0 saturated carbocycles. The summed E-state index contributed by atoms with van der Waals surface area (Å²) in [6.07, 6.45) is 16.9. The van der Waals surface area contributed by atoms with Gasteiger partial charge in [-0.05, 0) is 32.7 Å². The van der Waals surface area contributed by atoms with E-state index in [1.807, 2.05) is 0 Å². The third kappa shape index (κ3) is 11.8. The lowest BCUT2D eigenvalue weighted by atomic mass is 10.0. The number of urea groups is 1. The van der Waals surface area contributed by atoms with Crippen LogP contribution in [0.25, 0.3) is 0 Å². The molecule has 1 rings (SSSR count). The highest BCUT2D eigenvalue weighted by Gasteiger charge is 2.35. The van der Waals surface area contributed by atoms with Gasteiger partial charge in [0.1, 0.15) is 6.54 Å². The maximum Gasteiger partial charge on any atom is 0.327 e. The number of amides is 4. The summed E-state index contributed by atoms with van der Waals surface area (Å²) in [5, 5.41) is 3.10. The van der Waals surface area contributed by atoms with Crippen LogP contribution in [0.1, 0.15) is 110 Å². The predicted octanol–water partition coefficient (Wildman–Crippen LogP) is 4.59. The van der Waals surface area contributed by atoms with Gasteiger partial charge in [0.2, 0.25) is 11.8 Å². The zero-order valence-corrected chi connectivity index (χ0v) is 20.7. The second kappa shape index (κ2) is 17.9. The van der Waals surface area contributed by atoms with E-state index in [1.165, 1.54) is 62.7 Å². The summed E-state index contributed by atoms with van der Waals surface area (Å²) in [6, 6.07) is -0.378. The standard InChI is InChI=1S/C25H48N4O3/c1-3-5-6-7-8-9-10-11-12-13-14-18-23(30)27-22(17-15-16-19-26)20-28-21-24(31)29(4-2)25(28)32/h22H,3-21,26H2,1-2H3,(H,27,30). The topological polar surface area (TPSA) is 95.7 Å². The average Bonchev–Trinajstić information content (AvgIpc) is 3.04. The quantitative estimate of drug-likeness (QED) is 0.209. The summed E-state index contributed by atoms with van der Waals surface area (Å²) < 4.78 is 0. The Hall–Kier alpha value is -1.63. The Balaban J connectivity index is 2.24. The van der Waals surface area contributed by atoms with Gasteiger partial charge >= 0.3 is 6.03 Å². The molecule has 0 bridgehead atoms. The zero-order chi connectivity index (χ0) is 23.6. The Morgan fingerprint density at radius 1 is 0.906 bits per heavy atom. The molecule has 3 N–H and O–H groups in total. The molecular weight excluding hydrogens is 404 g/mol. The molecule has 1 fully saturated rings. The van der Waals surface area contributed by atoms with Gasteiger partial charge in [-0.1, -0.05) is 77.6 Å². The predicted molar refractivity (Wildman–Crippen MR) is 130 cm³/mol. The highest BCUT2D eigenvalue weighted by atomic mass is 16.2. The summed E-state index contributed by atoms with van der Waals surface area (Å²) in [6.45, 7) is 5.54. The summed E-state index contributed by atoms with van der Waals surface area (Å²) >= 11 is 0. The molecule has 1 heterocycles. The Labute approximate surface area is 195 Å². The van der Waals surface area contributed by atoms with E-state index in [4.69, 9.17) is 5.73 Å². The van der Waals surface area contributed by atoms with Gasteiger partial charge in [-0.25, -0.2) is 4.79 Å². The number of nitrogens with one attached hydrogen (secondary N) is 1. The van der Waals surface area contributed by atoms with E-state index in [1.54, 1.807) is 11.8 Å². The first-order valence-electron chi connectivity index (χ1n) is 13.1. The SMILES string of the molecule is CCCCCCCCCCCCCC(=O)NC(CCCCN)CN1CC(=O)N(CC)C1=O. The highest BCUT2D eigenvalue weighted by Crippen LogP contribution is 2.14. The molecule has 1 atom stereocenters. The van der Waals surface area contributed by atoms with Crippen molar-refractivity contribution in [1.29, 1.82) is 0 Å². The largest absolute Gasteiger partial charge is 0.352 e. The van der Waals surface area contributed by atoms with Crippen LogP contribution in [0.2, 0.25) is 0 Å². The lowest BCUT2D eigenvalue weighted by Gasteiger charge is -2.24. The van der Waals surface area contributed by atoms with E-state index in [9.17, 15) is 14.4 Å². The number of likely N-dealkylation sites (N-methyl/N-ethyl adjacent to an activating group) is 1. The van der Waals surface area contributed by atoms with Crippen molar-refractivity contribution in [2.24, 2.45) is 5.73 Å². The normalized spacial score (nSPS) is 15.0. The molecule has 1 saturated heterocycles. The molecule has 4 amide bonds. The molecule has 1 aliphatic heterocycles. The van der Waals surface area contributed by atoms with Crippen LogP contribution in [0.15, 0.2) is 0 Å². The number of hydrogen-bond donors (Lipinski definition) is 2. The van der Waals surface area contributed by atoms with E-state index in [0.29, 0.717) is 26.1 Å². The second-order valence-electron chi connectivity index (χ2n) is 9.14. The lowest BCUT2D eigenvalue weighted by Crippen LogP contribution is -2.45. The minimum atomic E-state index is -0.249. The van der Waals surface area contributed by atoms with Crippen molar-refractivity contribution >= 4 is 17.8 Å². The number of nitrogens with zero attached hydrogens (tertiary/aromatic N) is 2. The zero-order valence-electron chi connectivity index (χ0n) is 20.7. The minimum Gasteiger partial charge on any atom is -0.352 e. The second-order valence-corrected chi connectivity index (χ2v) is 9.14. The first-order chi connectivity index (χ1) is 15.5. The van der Waals surface area contributed by atoms with Gasteiger partial charge in [0.05, 0.1) is 0 Å². The van der Waals surface area contributed by atoms with E-state index in [-0.39, 0.29) is 30.4 Å². The van der Waals surface area contributed by atoms with Crippen molar-refractivity contribution in [2.45, 2.75) is 116 Å². The van der Waals surface area contributed by atoms with E-state index in [0.717, 1.165) is 32.1 Å². The number of hydrogen-bond acceptors (Lipinski definition) is 4. The van der Waals surface area contributed by atoms with Crippen LogP contribution >= 0.6 is 0 Å². The van der Waals surface area contributed by atoms with Gasteiger partial charge in [0.25, 0.3) is 0 Å². The Morgan fingerprint density at radius 2 is 1.50 bits per heavy atom. The van der Waals surface area contributed by atoms with Crippen molar-refractivity contribution in [3.63, 3.8) is 0 Å². The Morgan fingerprint density at radius 3 is 2.03 bits per heavy atom. The van der Waals surface area contributed by atoms with Crippen molar-refractivity contribution < 1.29 is 14.4 Å². The Kier molecular flexibility index (Phi) is 15.9. The van der Waals surface area contributed by atoms with Crippen molar-refractivity contribution in [3.8, 4) is 0 Å². The summed E-state index contributed by atoms with van der Waals surface area (Å²) in [7, 11) is 0. The van der Waals surface area contributed by atoms with Crippen molar-refractivity contribution in [2.75, 3.05) is 26.2 Å².